The van der Waals surface area contributed by atoms with Crippen LogP contribution in [0.3, 0.4) is 0 Å². The highest BCUT2D eigenvalue weighted by Crippen LogP contribution is 2.31. The smallest absolute Gasteiger partial charge is 0.241 e. The van der Waals surface area contributed by atoms with Crippen LogP contribution in [0.15, 0.2) is 36.4 Å². The number of benzene rings is 2. The van der Waals surface area contributed by atoms with Crippen molar-refractivity contribution in [1.82, 2.24) is 5.32 Å². The summed E-state index contributed by atoms with van der Waals surface area (Å²) in [5, 5.41) is 2.94. The molecule has 0 aliphatic rings. The van der Waals surface area contributed by atoms with Crippen LogP contribution in [0.5, 0.6) is 11.5 Å². The quantitative estimate of drug-likeness (QED) is 0.654. The van der Waals surface area contributed by atoms with Crippen LogP contribution in [0.4, 0.5) is 5.69 Å². The minimum Gasteiger partial charge on any atom is -0.493 e. The Balaban J connectivity index is 2.28. The van der Waals surface area contributed by atoms with E-state index in [4.69, 9.17) is 9.47 Å². The van der Waals surface area contributed by atoms with Gasteiger partial charge in [-0.05, 0) is 49.1 Å². The number of aryl methyl sites for hydroxylation is 2. The van der Waals surface area contributed by atoms with Crippen LogP contribution in [0.25, 0.3) is 0 Å². The number of hydrogen-bond donors (Lipinski definition) is 1. The summed E-state index contributed by atoms with van der Waals surface area (Å²) in [7, 11) is -0.538. The molecule has 2 aromatic carbocycles. The van der Waals surface area contributed by atoms with E-state index in [9.17, 15) is 13.2 Å². The molecule has 0 fully saturated rings. The van der Waals surface area contributed by atoms with E-state index in [2.05, 4.69) is 5.32 Å². The topological polar surface area (TPSA) is 84.9 Å². The molecule has 2 aromatic rings. The molecule has 164 valence electrons. The fourth-order valence-electron chi connectivity index (χ4n) is 3.42. The van der Waals surface area contributed by atoms with Gasteiger partial charge in [-0.1, -0.05) is 31.2 Å². The Morgan fingerprint density at radius 2 is 1.67 bits per heavy atom. The number of nitrogens with one attached hydrogen (secondary N) is 1. The Labute approximate surface area is 179 Å². The van der Waals surface area contributed by atoms with Gasteiger partial charge in [0, 0.05) is 0 Å². The summed E-state index contributed by atoms with van der Waals surface area (Å²) < 4.78 is 36.7. The molecule has 1 N–H and O–H groups in total. The van der Waals surface area contributed by atoms with Crippen LogP contribution in [-0.2, 0) is 14.8 Å². The molecule has 30 heavy (non-hydrogen) atoms. The fraction of sp³-hybridized carbons (Fsp3) is 0.409. The van der Waals surface area contributed by atoms with Crippen molar-refractivity contribution in [3.05, 3.63) is 53.1 Å². The molecule has 0 aromatic heterocycles. The molecule has 2 rings (SSSR count). The summed E-state index contributed by atoms with van der Waals surface area (Å²) in [6.45, 7) is 5.31. The van der Waals surface area contributed by atoms with Crippen LogP contribution >= 0.6 is 0 Å². The molecule has 8 heteroatoms. The second-order valence-corrected chi connectivity index (χ2v) is 9.06. The highest BCUT2D eigenvalue weighted by Gasteiger charge is 2.25. The number of sulfonamides is 1. The normalized spacial score (nSPS) is 12.2. The number of amides is 1. The van der Waals surface area contributed by atoms with E-state index in [-0.39, 0.29) is 18.5 Å². The molecule has 0 aliphatic heterocycles. The SMILES string of the molecule is CC[C@@H](NC(=O)CN(c1c(C)cccc1C)S(C)(=O)=O)c1ccc(OC)c(OC)c1. The summed E-state index contributed by atoms with van der Waals surface area (Å²) in [6.07, 6.45) is 1.74. The summed E-state index contributed by atoms with van der Waals surface area (Å²) in [5.41, 5.74) is 2.97. The van der Waals surface area contributed by atoms with Gasteiger partial charge < -0.3 is 14.8 Å². The van der Waals surface area contributed by atoms with Gasteiger partial charge >= 0.3 is 0 Å². The van der Waals surface area contributed by atoms with Gasteiger partial charge in [0.2, 0.25) is 15.9 Å². The molecule has 0 heterocycles. The number of methoxy groups -OCH3 is 2. The maximum Gasteiger partial charge on any atom is 0.241 e. The molecule has 0 spiro atoms. The average molecular weight is 435 g/mol. The largest absolute Gasteiger partial charge is 0.493 e. The molecular weight excluding hydrogens is 404 g/mol. The van der Waals surface area contributed by atoms with Gasteiger partial charge in [-0.15, -0.1) is 0 Å². The minimum absolute atomic E-state index is 0.295. The first-order chi connectivity index (χ1) is 14.1. The van der Waals surface area contributed by atoms with E-state index in [1.165, 1.54) is 0 Å². The van der Waals surface area contributed by atoms with Gasteiger partial charge in [0.25, 0.3) is 0 Å². The van der Waals surface area contributed by atoms with E-state index >= 15 is 0 Å². The average Bonchev–Trinajstić information content (AvgIpc) is 2.69. The molecule has 0 aliphatic carbocycles. The summed E-state index contributed by atoms with van der Waals surface area (Å²) in [4.78, 5) is 12.8. The third-order valence-electron chi connectivity index (χ3n) is 4.93. The Bertz CT molecular complexity index is 984. The zero-order chi connectivity index (χ0) is 22.5. The number of carbonyl (C=O) groups excluding carboxylic acids is 1. The van der Waals surface area contributed by atoms with Crippen molar-refractivity contribution in [3.63, 3.8) is 0 Å². The van der Waals surface area contributed by atoms with Gasteiger partial charge in [-0.25, -0.2) is 8.42 Å². The summed E-state index contributed by atoms with van der Waals surface area (Å²) in [5.74, 6) is 0.779. The lowest BCUT2D eigenvalue weighted by molar-refractivity contribution is -0.120. The van der Waals surface area contributed by atoms with Crippen molar-refractivity contribution in [1.29, 1.82) is 0 Å². The zero-order valence-electron chi connectivity index (χ0n) is 18.4. The van der Waals surface area contributed by atoms with E-state index in [1.54, 1.807) is 20.3 Å². The number of carbonyl (C=O) groups is 1. The van der Waals surface area contributed by atoms with Crippen LogP contribution in [-0.4, -0.2) is 41.3 Å². The van der Waals surface area contributed by atoms with Gasteiger partial charge in [0.15, 0.2) is 11.5 Å². The van der Waals surface area contributed by atoms with Crippen molar-refractivity contribution in [3.8, 4) is 11.5 Å². The molecule has 0 saturated carbocycles. The predicted octanol–water partition coefficient (Wildman–Crippen LogP) is 3.35. The number of para-hydroxylation sites is 1. The van der Waals surface area contributed by atoms with Gasteiger partial charge in [0.1, 0.15) is 6.54 Å². The minimum atomic E-state index is -3.65. The van der Waals surface area contributed by atoms with E-state index in [0.717, 1.165) is 27.3 Å². The Kier molecular flexibility index (Phi) is 7.72. The van der Waals surface area contributed by atoms with Crippen LogP contribution in [0, 0.1) is 13.8 Å². The van der Waals surface area contributed by atoms with Crippen molar-refractivity contribution in [2.45, 2.75) is 33.2 Å². The van der Waals surface area contributed by atoms with Gasteiger partial charge in [-0.3, -0.25) is 9.10 Å². The van der Waals surface area contributed by atoms with Gasteiger partial charge in [0.05, 0.1) is 32.2 Å². The highest BCUT2D eigenvalue weighted by molar-refractivity contribution is 7.92. The number of ether oxygens (including phenoxy) is 2. The molecule has 1 amide bonds. The number of nitrogens with zero attached hydrogens (tertiary/aromatic N) is 1. The standard InChI is InChI=1S/C22H30N2O5S/c1-7-18(17-11-12-19(28-4)20(13-17)29-5)23-21(25)14-24(30(6,26)27)22-15(2)9-8-10-16(22)3/h8-13,18H,7,14H2,1-6H3,(H,23,25)/t18-/m1/s1. The number of rotatable bonds is 9. The first kappa shape index (κ1) is 23.5. The van der Waals surface area contributed by atoms with Crippen molar-refractivity contribution < 1.29 is 22.7 Å². The summed E-state index contributed by atoms with van der Waals surface area (Å²) >= 11 is 0. The first-order valence-corrected chi connectivity index (χ1v) is 11.5. The zero-order valence-corrected chi connectivity index (χ0v) is 19.2. The lowest BCUT2D eigenvalue weighted by Gasteiger charge is -2.27. The second-order valence-electron chi connectivity index (χ2n) is 7.15. The molecule has 0 unspecified atom stereocenters. The van der Waals surface area contributed by atoms with Crippen molar-refractivity contribution in [2.24, 2.45) is 0 Å². The molecule has 7 nitrogen and oxygen atoms in total. The Morgan fingerprint density at radius 3 is 2.17 bits per heavy atom. The van der Waals surface area contributed by atoms with E-state index < -0.39 is 10.0 Å². The molecule has 1 atom stereocenters. The molecule has 0 saturated heterocycles. The maximum atomic E-state index is 12.8. The van der Waals surface area contributed by atoms with E-state index in [0.29, 0.717) is 23.6 Å². The Morgan fingerprint density at radius 1 is 1.07 bits per heavy atom. The molecule has 0 radical (unpaired) electrons. The van der Waals surface area contributed by atoms with Crippen LogP contribution in [0.2, 0.25) is 0 Å². The maximum absolute atomic E-state index is 12.8. The first-order valence-electron chi connectivity index (χ1n) is 9.67. The third kappa shape index (κ3) is 5.44. The van der Waals surface area contributed by atoms with Crippen molar-refractivity contribution in [2.75, 3.05) is 31.3 Å². The van der Waals surface area contributed by atoms with Crippen molar-refractivity contribution >= 4 is 21.6 Å². The van der Waals surface area contributed by atoms with Gasteiger partial charge in [-0.2, -0.15) is 0 Å². The summed E-state index contributed by atoms with van der Waals surface area (Å²) in [6, 6.07) is 10.7. The molecular formula is C22H30N2O5S. The highest BCUT2D eigenvalue weighted by atomic mass is 32.2. The van der Waals surface area contributed by atoms with E-state index in [1.807, 2.05) is 51.1 Å². The van der Waals surface area contributed by atoms with Crippen LogP contribution < -0.4 is 19.1 Å². The predicted molar refractivity (Wildman–Crippen MR) is 119 cm³/mol. The lowest BCUT2D eigenvalue weighted by Crippen LogP contribution is -2.42. The van der Waals surface area contributed by atoms with Crippen LogP contribution in [0.1, 0.15) is 36.1 Å². The molecule has 0 bridgehead atoms. The second kappa shape index (κ2) is 9.84. The third-order valence-corrected chi connectivity index (χ3v) is 6.04. The Hall–Kier alpha value is -2.74. The fourth-order valence-corrected chi connectivity index (χ4v) is 4.39. The number of anilines is 1. The number of hydrogen-bond acceptors (Lipinski definition) is 5. The lowest BCUT2D eigenvalue weighted by atomic mass is 10.0. The monoisotopic (exact) mass is 434 g/mol.